The quantitative estimate of drug-likeness (QED) is 0.407. The maximum Gasteiger partial charge on any atom is 2.00 e. The maximum atomic E-state index is 8.58. The fourth-order valence-electron chi connectivity index (χ4n) is 0.265. The molecule has 0 rings (SSSR count). The zero-order valence-electron chi connectivity index (χ0n) is 8.39. The monoisotopic (exact) mass is 314 g/mol. The zero-order chi connectivity index (χ0) is 10.7. The smallest absolute Gasteiger partial charge is 1.00 e. The number of hydrogen-bond donors (Lipinski definition) is 0. The molecule has 0 saturated heterocycles. The van der Waals surface area contributed by atoms with Crippen LogP contribution in [0, 0.1) is 61.4 Å². The van der Waals surface area contributed by atoms with Gasteiger partial charge in [-0.05, 0) is 0 Å². The van der Waals surface area contributed by atoms with Crippen LogP contribution >= 0.6 is 0 Å². The Morgan fingerprint density at radius 3 is 0.625 bits per heavy atom. The Kier molecular flexibility index (Phi) is 10.4. The minimum atomic E-state index is -6.17. The second-order valence-corrected chi connectivity index (χ2v) is 7.42. The molecule has 0 atom stereocenters. The molecule has 0 heterocycles. The van der Waals surface area contributed by atoms with Crippen LogP contribution in [0.4, 0.5) is 0 Å². The minimum Gasteiger partial charge on any atom is 1.00 e. The van der Waals surface area contributed by atoms with Crippen molar-refractivity contribution in [2.45, 2.75) is 0 Å². The third-order valence-corrected chi connectivity index (χ3v) is 4.89. The summed E-state index contributed by atoms with van der Waals surface area (Å²) in [6.45, 7) is 0. The van der Waals surface area contributed by atoms with Gasteiger partial charge < -0.3 is 0 Å². The molecule has 0 amide bonds. The van der Waals surface area contributed by atoms with E-state index in [2.05, 4.69) is 0 Å². The van der Waals surface area contributed by atoms with E-state index in [0.29, 0.717) is 0 Å². The minimum absolute atomic E-state index is 0. The van der Waals surface area contributed by atoms with Crippen molar-refractivity contribution < 1.29 is 86.9 Å². The molecule has 0 unspecified atom stereocenters. The van der Waals surface area contributed by atoms with Crippen molar-refractivity contribution in [1.82, 2.24) is 0 Å². The normalized spacial score (nSPS) is 10.9. The molecule has 0 fully saturated rings. The third kappa shape index (κ3) is 2.62. The van der Waals surface area contributed by atoms with E-state index in [0.717, 1.165) is 29.8 Å². The molecule has 0 aliphatic carbocycles. The molecule has 72 valence electrons. The van der Waals surface area contributed by atoms with Crippen LogP contribution in [-0.2, 0) is 27.8 Å². The van der Waals surface area contributed by atoms with Crippen LogP contribution in [0.15, 0.2) is 0 Å². The molecule has 0 aliphatic heterocycles. The number of rotatable bonds is 0. The standard InChI is InChI=1S/6CN.2Fe.2Na/c6*1-2;;;;/q;;;;;;-4;+2;2*+1. The summed E-state index contributed by atoms with van der Waals surface area (Å²) >= 11 is 0. The van der Waals surface area contributed by atoms with Crippen molar-refractivity contribution in [1.29, 1.82) is 31.6 Å². The molecule has 0 radical (unpaired) electrons. The van der Waals surface area contributed by atoms with Gasteiger partial charge in [-0.15, -0.1) is 0 Å². The molecule has 0 saturated carbocycles. The average molecular weight is 314 g/mol. The molecule has 0 spiro atoms. The SMILES string of the molecule is N#[C][Fe-4]([C]#N)([C]#N)([C]#N)([C]#N)[C]#N.[Fe+2].[Na+].[Na+]. The summed E-state index contributed by atoms with van der Waals surface area (Å²) < 4.78 is 0. The van der Waals surface area contributed by atoms with Gasteiger partial charge in [0, 0.05) is 0 Å². The van der Waals surface area contributed by atoms with E-state index in [4.69, 9.17) is 31.6 Å². The van der Waals surface area contributed by atoms with Gasteiger partial charge in [-0.1, -0.05) is 0 Å². The van der Waals surface area contributed by atoms with Gasteiger partial charge in [-0.2, -0.15) is 0 Å². The van der Waals surface area contributed by atoms with E-state index >= 15 is 0 Å². The Morgan fingerprint density at radius 1 is 0.500 bits per heavy atom. The van der Waals surface area contributed by atoms with E-state index in [1.54, 1.807) is 0 Å². The zero-order valence-corrected chi connectivity index (χ0v) is 14.6. The second-order valence-electron chi connectivity index (χ2n) is 1.80. The molecule has 0 aromatic rings. The van der Waals surface area contributed by atoms with Crippen LogP contribution in [0.5, 0.6) is 0 Å². The molecule has 0 aliphatic rings. The molecule has 0 N–H and O–H groups in total. The van der Waals surface area contributed by atoms with Gasteiger partial charge in [0.1, 0.15) is 0 Å². The summed E-state index contributed by atoms with van der Waals surface area (Å²) in [5, 5.41) is 51.5. The number of hydrogen-bond acceptors (Lipinski definition) is 6. The van der Waals surface area contributed by atoms with E-state index in [1.807, 2.05) is 0 Å². The van der Waals surface area contributed by atoms with Crippen LogP contribution in [-0.4, -0.2) is 0 Å². The predicted molar refractivity (Wildman–Crippen MR) is 33.7 cm³/mol. The Hall–Kier alpha value is -0.0210. The largest absolute Gasteiger partial charge is 2.00 e. The van der Waals surface area contributed by atoms with Gasteiger partial charge in [0.25, 0.3) is 0 Å². The first-order chi connectivity index (χ1) is 5.97. The van der Waals surface area contributed by atoms with Crippen molar-refractivity contribution in [3.63, 3.8) is 0 Å². The first kappa shape index (κ1) is 25.0. The molecule has 6 nitrogen and oxygen atoms in total. The second kappa shape index (κ2) is 6.65. The van der Waals surface area contributed by atoms with Crippen molar-refractivity contribution in [3.05, 3.63) is 0 Å². The van der Waals surface area contributed by atoms with Gasteiger partial charge in [0.2, 0.25) is 0 Å². The summed E-state index contributed by atoms with van der Waals surface area (Å²) in [7, 11) is -6.17. The maximum absolute atomic E-state index is 8.58. The fourth-order valence-corrected chi connectivity index (χ4v) is 1.09. The van der Waals surface area contributed by atoms with E-state index in [9.17, 15) is 0 Å². The van der Waals surface area contributed by atoms with E-state index in [-0.39, 0.29) is 76.2 Å². The van der Waals surface area contributed by atoms with Crippen LogP contribution < -0.4 is 59.1 Å². The molecule has 0 aromatic heterocycles. The third-order valence-electron chi connectivity index (χ3n) is 1.19. The van der Waals surface area contributed by atoms with Gasteiger partial charge in [0.05, 0.1) is 0 Å². The Labute approximate surface area is 146 Å². The van der Waals surface area contributed by atoms with Crippen molar-refractivity contribution >= 4 is 0 Å². The average Bonchev–Trinajstić information content (AvgIpc) is 2.26. The first-order valence-electron chi connectivity index (χ1n) is 2.40. The molecule has 10 heteroatoms. The molecule has 0 bridgehead atoms. The molecule has 16 heavy (non-hydrogen) atoms. The topological polar surface area (TPSA) is 143 Å². The number of nitriles is 6. The fraction of sp³-hybridized carbons (Fsp3) is 0. The summed E-state index contributed by atoms with van der Waals surface area (Å²) in [5.74, 6) is 0. The molecular formula is C6Fe2N6Na2. The van der Waals surface area contributed by atoms with Crippen molar-refractivity contribution in [2.75, 3.05) is 0 Å². The Morgan fingerprint density at radius 2 is 0.625 bits per heavy atom. The number of nitrogens with zero attached hydrogens (tertiary/aromatic N) is 6. The van der Waals surface area contributed by atoms with Crippen LogP contribution in [0.25, 0.3) is 0 Å². The van der Waals surface area contributed by atoms with Gasteiger partial charge in [0.15, 0.2) is 0 Å². The summed E-state index contributed by atoms with van der Waals surface area (Å²) in [4.78, 5) is 6.19. The van der Waals surface area contributed by atoms with Gasteiger partial charge in [-0.3, -0.25) is 0 Å². The van der Waals surface area contributed by atoms with Crippen LogP contribution in [0.3, 0.4) is 0 Å². The van der Waals surface area contributed by atoms with Crippen LogP contribution in [0.1, 0.15) is 0 Å². The van der Waals surface area contributed by atoms with E-state index < -0.39 is 10.7 Å². The summed E-state index contributed by atoms with van der Waals surface area (Å²) in [6.07, 6.45) is 0. The van der Waals surface area contributed by atoms with Gasteiger partial charge in [-0.25, -0.2) is 0 Å². The van der Waals surface area contributed by atoms with Crippen LogP contribution in [0.2, 0.25) is 0 Å². The van der Waals surface area contributed by atoms with Gasteiger partial charge >= 0.3 is 148 Å². The molecular weight excluding hydrogens is 314 g/mol. The first-order valence-corrected chi connectivity index (χ1v) is 5.71. The van der Waals surface area contributed by atoms with E-state index in [1.165, 1.54) is 0 Å². The predicted octanol–water partition coefficient (Wildman–Crippen LogP) is -5.90. The summed E-state index contributed by atoms with van der Waals surface area (Å²) in [6, 6.07) is 0. The Balaban J connectivity index is -0.000000240. The van der Waals surface area contributed by atoms with Crippen molar-refractivity contribution in [3.8, 4) is 29.8 Å². The summed E-state index contributed by atoms with van der Waals surface area (Å²) in [5.41, 5.74) is 0. The van der Waals surface area contributed by atoms with Crippen molar-refractivity contribution in [2.24, 2.45) is 0 Å². The Bertz CT molecular complexity index is 399. The molecule has 0 aromatic carbocycles.